The van der Waals surface area contributed by atoms with Crippen LogP contribution in [0.25, 0.3) is 11.0 Å². The van der Waals surface area contributed by atoms with Gasteiger partial charge in [0.25, 0.3) is 0 Å². The highest BCUT2D eigenvalue weighted by atomic mass is 16.5. The fraction of sp³-hybridized carbons (Fsp3) is 0.375. The van der Waals surface area contributed by atoms with Crippen molar-refractivity contribution in [1.82, 2.24) is 0 Å². The molecule has 21 heavy (non-hydrogen) atoms. The zero-order chi connectivity index (χ0) is 15.4. The third-order valence-electron chi connectivity index (χ3n) is 3.25. The third-order valence-corrected chi connectivity index (χ3v) is 3.25. The molecule has 0 spiro atoms. The van der Waals surface area contributed by atoms with E-state index in [0.29, 0.717) is 16.7 Å². The Morgan fingerprint density at radius 1 is 1.24 bits per heavy atom. The van der Waals surface area contributed by atoms with Gasteiger partial charge in [0.05, 0.1) is 11.5 Å². The average Bonchev–Trinajstić information content (AvgIpc) is 2.45. The van der Waals surface area contributed by atoms with Gasteiger partial charge in [-0.05, 0) is 32.9 Å². The molecule has 0 radical (unpaired) electrons. The Morgan fingerprint density at radius 2 is 1.95 bits per heavy atom. The first kappa shape index (κ1) is 15.1. The van der Waals surface area contributed by atoms with Crippen molar-refractivity contribution in [2.24, 2.45) is 0 Å². The SMILES string of the molecule is CCN(CC)c1ccc2c(OCC(C)=O)cc(=O)oc2c1. The molecule has 0 saturated carbocycles. The van der Waals surface area contributed by atoms with E-state index in [9.17, 15) is 9.59 Å². The number of ketones is 1. The number of nitrogens with zero attached hydrogens (tertiary/aromatic N) is 1. The van der Waals surface area contributed by atoms with E-state index in [2.05, 4.69) is 18.7 Å². The molecule has 0 aliphatic heterocycles. The molecule has 0 aliphatic rings. The largest absolute Gasteiger partial charge is 0.485 e. The Bertz CT molecular complexity index is 701. The lowest BCUT2D eigenvalue weighted by molar-refractivity contribution is -0.118. The molecule has 1 aromatic heterocycles. The van der Waals surface area contributed by atoms with Gasteiger partial charge in [-0.25, -0.2) is 4.79 Å². The highest BCUT2D eigenvalue weighted by Gasteiger charge is 2.10. The first-order valence-electron chi connectivity index (χ1n) is 7.00. The fourth-order valence-electron chi connectivity index (χ4n) is 2.21. The Hall–Kier alpha value is -2.30. The van der Waals surface area contributed by atoms with Gasteiger partial charge in [0.15, 0.2) is 5.78 Å². The summed E-state index contributed by atoms with van der Waals surface area (Å²) in [4.78, 5) is 24.8. The van der Waals surface area contributed by atoms with Crippen LogP contribution >= 0.6 is 0 Å². The first-order valence-corrected chi connectivity index (χ1v) is 7.00. The summed E-state index contributed by atoms with van der Waals surface area (Å²) in [5, 5.41) is 0.687. The molecule has 0 unspecified atom stereocenters. The van der Waals surface area contributed by atoms with Crippen LogP contribution in [0, 0.1) is 0 Å². The van der Waals surface area contributed by atoms with Gasteiger partial charge in [0, 0.05) is 24.8 Å². The molecule has 5 heteroatoms. The topological polar surface area (TPSA) is 59.8 Å². The number of ether oxygens (including phenoxy) is 1. The van der Waals surface area contributed by atoms with E-state index in [1.165, 1.54) is 13.0 Å². The first-order chi connectivity index (χ1) is 10.0. The summed E-state index contributed by atoms with van der Waals surface area (Å²) >= 11 is 0. The molecule has 0 N–H and O–H groups in total. The molecule has 0 aliphatic carbocycles. The summed E-state index contributed by atoms with van der Waals surface area (Å²) in [7, 11) is 0. The number of Topliss-reactive ketones (excluding diaryl/α,β-unsaturated/α-hetero) is 1. The summed E-state index contributed by atoms with van der Waals surface area (Å²) in [6, 6.07) is 6.89. The Morgan fingerprint density at radius 3 is 2.57 bits per heavy atom. The predicted molar refractivity (Wildman–Crippen MR) is 82.2 cm³/mol. The molecule has 0 amide bonds. The van der Waals surface area contributed by atoms with E-state index in [-0.39, 0.29) is 12.4 Å². The van der Waals surface area contributed by atoms with Crippen molar-refractivity contribution in [3.8, 4) is 5.75 Å². The molecule has 1 heterocycles. The molecule has 0 fully saturated rings. The number of carbonyl (C=O) groups is 1. The second kappa shape index (κ2) is 6.43. The van der Waals surface area contributed by atoms with Gasteiger partial charge in [-0.3, -0.25) is 4.79 Å². The second-order valence-corrected chi connectivity index (χ2v) is 4.77. The summed E-state index contributed by atoms with van der Waals surface area (Å²) in [5.74, 6) is 0.277. The Balaban J connectivity index is 2.48. The number of anilines is 1. The summed E-state index contributed by atoms with van der Waals surface area (Å²) < 4.78 is 10.6. The normalized spacial score (nSPS) is 10.6. The van der Waals surface area contributed by atoms with Crippen molar-refractivity contribution >= 4 is 22.4 Å². The smallest absolute Gasteiger partial charge is 0.339 e. The minimum atomic E-state index is -0.488. The fourth-order valence-corrected chi connectivity index (χ4v) is 2.21. The molecule has 1 aromatic carbocycles. The van der Waals surface area contributed by atoms with Gasteiger partial charge in [0.2, 0.25) is 0 Å². The maximum atomic E-state index is 11.6. The van der Waals surface area contributed by atoms with Gasteiger partial charge in [-0.1, -0.05) is 0 Å². The monoisotopic (exact) mass is 289 g/mol. The molecule has 0 bridgehead atoms. The van der Waals surface area contributed by atoms with E-state index in [1.807, 2.05) is 18.2 Å². The lowest BCUT2D eigenvalue weighted by Crippen LogP contribution is -2.21. The van der Waals surface area contributed by atoms with Crippen LogP contribution in [-0.2, 0) is 4.79 Å². The van der Waals surface area contributed by atoms with Crippen molar-refractivity contribution < 1.29 is 13.9 Å². The van der Waals surface area contributed by atoms with Crippen LogP contribution in [0.3, 0.4) is 0 Å². The minimum Gasteiger partial charge on any atom is -0.485 e. The highest BCUT2D eigenvalue weighted by molar-refractivity contribution is 5.86. The number of hydrogen-bond acceptors (Lipinski definition) is 5. The number of benzene rings is 1. The number of rotatable bonds is 6. The van der Waals surface area contributed by atoms with Gasteiger partial charge in [0.1, 0.15) is 17.9 Å². The standard InChI is InChI=1S/C16H19NO4/c1-4-17(5-2)12-6-7-13-14(20-10-11(3)18)9-16(19)21-15(13)8-12/h6-9H,4-5,10H2,1-3H3. The Labute approximate surface area is 123 Å². The van der Waals surface area contributed by atoms with Crippen LogP contribution in [0.5, 0.6) is 5.75 Å². The van der Waals surface area contributed by atoms with E-state index >= 15 is 0 Å². The van der Waals surface area contributed by atoms with E-state index in [0.717, 1.165) is 18.8 Å². The second-order valence-electron chi connectivity index (χ2n) is 4.77. The lowest BCUT2D eigenvalue weighted by Gasteiger charge is -2.21. The van der Waals surface area contributed by atoms with Crippen molar-refractivity contribution in [2.45, 2.75) is 20.8 Å². The average molecular weight is 289 g/mol. The van der Waals surface area contributed by atoms with Gasteiger partial charge >= 0.3 is 5.63 Å². The maximum absolute atomic E-state index is 11.6. The van der Waals surface area contributed by atoms with Gasteiger partial charge in [-0.15, -0.1) is 0 Å². The highest BCUT2D eigenvalue weighted by Crippen LogP contribution is 2.27. The molecule has 112 valence electrons. The molecule has 2 aromatic rings. The molecular weight excluding hydrogens is 270 g/mol. The number of carbonyl (C=O) groups excluding carboxylic acids is 1. The molecule has 5 nitrogen and oxygen atoms in total. The molecular formula is C16H19NO4. The lowest BCUT2D eigenvalue weighted by atomic mass is 10.2. The van der Waals surface area contributed by atoms with Gasteiger partial charge < -0.3 is 14.1 Å². The van der Waals surface area contributed by atoms with Crippen LogP contribution < -0.4 is 15.3 Å². The molecule has 2 rings (SSSR count). The maximum Gasteiger partial charge on any atom is 0.339 e. The summed E-state index contributed by atoms with van der Waals surface area (Å²) in [6.07, 6.45) is 0. The number of hydrogen-bond donors (Lipinski definition) is 0. The molecule has 0 atom stereocenters. The summed E-state index contributed by atoms with van der Waals surface area (Å²) in [5.41, 5.74) is 0.961. The van der Waals surface area contributed by atoms with Crippen molar-refractivity contribution in [3.63, 3.8) is 0 Å². The number of fused-ring (bicyclic) bond motifs is 1. The minimum absolute atomic E-state index is 0.0592. The van der Waals surface area contributed by atoms with Crippen molar-refractivity contribution in [3.05, 3.63) is 34.7 Å². The summed E-state index contributed by atoms with van der Waals surface area (Å²) in [6.45, 7) is 7.24. The van der Waals surface area contributed by atoms with Crippen LogP contribution in [0.1, 0.15) is 20.8 Å². The zero-order valence-electron chi connectivity index (χ0n) is 12.5. The van der Waals surface area contributed by atoms with E-state index in [4.69, 9.17) is 9.15 Å². The van der Waals surface area contributed by atoms with Crippen LogP contribution in [0.4, 0.5) is 5.69 Å². The van der Waals surface area contributed by atoms with Crippen LogP contribution in [-0.4, -0.2) is 25.5 Å². The molecule has 0 saturated heterocycles. The predicted octanol–water partition coefficient (Wildman–Crippen LogP) is 2.61. The third kappa shape index (κ3) is 3.42. The van der Waals surface area contributed by atoms with Crippen LogP contribution in [0.2, 0.25) is 0 Å². The van der Waals surface area contributed by atoms with Crippen molar-refractivity contribution in [2.75, 3.05) is 24.6 Å². The van der Waals surface area contributed by atoms with Gasteiger partial charge in [-0.2, -0.15) is 0 Å². The van der Waals surface area contributed by atoms with Crippen molar-refractivity contribution in [1.29, 1.82) is 0 Å². The Kier molecular flexibility index (Phi) is 4.62. The zero-order valence-corrected chi connectivity index (χ0v) is 12.5. The van der Waals surface area contributed by atoms with Crippen LogP contribution in [0.15, 0.2) is 33.5 Å². The quantitative estimate of drug-likeness (QED) is 0.765. The van der Waals surface area contributed by atoms with E-state index in [1.54, 1.807) is 0 Å². The van der Waals surface area contributed by atoms with E-state index < -0.39 is 5.63 Å².